The Bertz CT molecular complexity index is 490. The Labute approximate surface area is 140 Å². The Kier molecular flexibility index (Phi) is 6.05. The van der Waals surface area contributed by atoms with E-state index < -0.39 is 5.60 Å². The van der Waals surface area contributed by atoms with E-state index in [2.05, 4.69) is 47.9 Å². The van der Waals surface area contributed by atoms with E-state index in [9.17, 15) is 4.79 Å². The SMILES string of the molecule is CC(CCNC1CC(NC(=O)OC(C)(C)C)C1)c1ccccc1. The van der Waals surface area contributed by atoms with Crippen LogP contribution in [0.3, 0.4) is 0 Å². The zero-order valence-corrected chi connectivity index (χ0v) is 14.8. The Morgan fingerprint density at radius 2 is 1.87 bits per heavy atom. The van der Waals surface area contributed by atoms with Gasteiger partial charge >= 0.3 is 6.09 Å². The second-order valence-corrected chi connectivity index (χ2v) is 7.57. The summed E-state index contributed by atoms with van der Waals surface area (Å²) in [5.74, 6) is 0.569. The van der Waals surface area contributed by atoms with Crippen LogP contribution in [0.4, 0.5) is 4.79 Å². The van der Waals surface area contributed by atoms with Crippen LogP contribution in [-0.2, 0) is 4.74 Å². The summed E-state index contributed by atoms with van der Waals surface area (Å²) in [6.45, 7) is 8.92. The third-order valence-corrected chi connectivity index (χ3v) is 4.24. The van der Waals surface area contributed by atoms with Gasteiger partial charge < -0.3 is 15.4 Å². The minimum Gasteiger partial charge on any atom is -0.444 e. The molecule has 128 valence electrons. The summed E-state index contributed by atoms with van der Waals surface area (Å²) in [5.41, 5.74) is 0.964. The fraction of sp³-hybridized carbons (Fsp3) is 0.632. The summed E-state index contributed by atoms with van der Waals surface area (Å²) < 4.78 is 5.27. The molecule has 1 aromatic rings. The van der Waals surface area contributed by atoms with Gasteiger partial charge in [0.1, 0.15) is 5.60 Å². The van der Waals surface area contributed by atoms with Crippen LogP contribution in [0, 0.1) is 0 Å². The van der Waals surface area contributed by atoms with Gasteiger partial charge in [-0.3, -0.25) is 0 Å². The minimum absolute atomic E-state index is 0.244. The van der Waals surface area contributed by atoms with Crippen molar-refractivity contribution in [2.75, 3.05) is 6.54 Å². The second-order valence-electron chi connectivity index (χ2n) is 7.57. The lowest BCUT2D eigenvalue weighted by Crippen LogP contribution is -2.53. The number of nitrogens with one attached hydrogen (secondary N) is 2. The van der Waals surface area contributed by atoms with Gasteiger partial charge in [-0.1, -0.05) is 37.3 Å². The van der Waals surface area contributed by atoms with E-state index in [0.717, 1.165) is 25.8 Å². The normalized spacial score (nSPS) is 22.1. The molecule has 1 aliphatic carbocycles. The van der Waals surface area contributed by atoms with Crippen molar-refractivity contribution < 1.29 is 9.53 Å². The van der Waals surface area contributed by atoms with E-state index >= 15 is 0 Å². The van der Waals surface area contributed by atoms with Crippen molar-refractivity contribution in [1.29, 1.82) is 0 Å². The quantitative estimate of drug-likeness (QED) is 0.838. The number of ether oxygens (including phenoxy) is 1. The monoisotopic (exact) mass is 318 g/mol. The first kappa shape index (κ1) is 17.8. The van der Waals surface area contributed by atoms with Gasteiger partial charge in [0.05, 0.1) is 0 Å². The van der Waals surface area contributed by atoms with Crippen LogP contribution in [-0.4, -0.2) is 30.3 Å². The molecule has 1 fully saturated rings. The van der Waals surface area contributed by atoms with Crippen molar-refractivity contribution in [1.82, 2.24) is 10.6 Å². The van der Waals surface area contributed by atoms with E-state index in [4.69, 9.17) is 4.74 Å². The van der Waals surface area contributed by atoms with Crippen LogP contribution in [0.1, 0.15) is 58.4 Å². The molecule has 0 aromatic heterocycles. The zero-order chi connectivity index (χ0) is 16.9. The third-order valence-electron chi connectivity index (χ3n) is 4.24. The number of amides is 1. The first-order valence-electron chi connectivity index (χ1n) is 8.61. The summed E-state index contributed by atoms with van der Waals surface area (Å²) in [7, 11) is 0. The smallest absolute Gasteiger partial charge is 0.407 e. The highest BCUT2D eigenvalue weighted by Crippen LogP contribution is 2.22. The van der Waals surface area contributed by atoms with Crippen LogP contribution in [0.15, 0.2) is 30.3 Å². The van der Waals surface area contributed by atoms with Crippen LogP contribution >= 0.6 is 0 Å². The number of hydrogen-bond acceptors (Lipinski definition) is 3. The molecule has 1 aromatic carbocycles. The molecule has 0 heterocycles. The van der Waals surface area contributed by atoms with Crippen molar-refractivity contribution in [2.45, 2.75) is 70.6 Å². The average molecular weight is 318 g/mol. The second kappa shape index (κ2) is 7.82. The first-order valence-corrected chi connectivity index (χ1v) is 8.61. The van der Waals surface area contributed by atoms with Gasteiger partial charge in [-0.15, -0.1) is 0 Å². The molecule has 1 unspecified atom stereocenters. The van der Waals surface area contributed by atoms with Crippen LogP contribution in [0.25, 0.3) is 0 Å². The zero-order valence-electron chi connectivity index (χ0n) is 14.8. The summed E-state index contributed by atoms with van der Waals surface area (Å²) >= 11 is 0. The third kappa shape index (κ3) is 6.22. The highest BCUT2D eigenvalue weighted by molar-refractivity contribution is 5.68. The van der Waals surface area contributed by atoms with Gasteiger partial charge in [-0.05, 0) is 58.1 Å². The molecule has 4 nitrogen and oxygen atoms in total. The molecule has 2 N–H and O–H groups in total. The van der Waals surface area contributed by atoms with Crippen LogP contribution in [0.2, 0.25) is 0 Å². The number of carbonyl (C=O) groups is 1. The molecule has 23 heavy (non-hydrogen) atoms. The summed E-state index contributed by atoms with van der Waals surface area (Å²) in [6.07, 6.45) is 2.79. The van der Waals surface area contributed by atoms with Crippen molar-refractivity contribution in [3.05, 3.63) is 35.9 Å². The van der Waals surface area contributed by atoms with Crippen molar-refractivity contribution in [3.63, 3.8) is 0 Å². The molecule has 0 aliphatic heterocycles. The lowest BCUT2D eigenvalue weighted by atomic mass is 9.86. The maximum atomic E-state index is 11.7. The molecule has 0 bridgehead atoms. The average Bonchev–Trinajstić information content (AvgIpc) is 2.43. The molecule has 2 rings (SSSR count). The number of benzene rings is 1. The predicted octanol–water partition coefficient (Wildman–Crippen LogP) is 3.83. The Hall–Kier alpha value is -1.55. The molecule has 1 atom stereocenters. The Morgan fingerprint density at radius 3 is 2.48 bits per heavy atom. The van der Waals surface area contributed by atoms with Crippen molar-refractivity contribution in [2.24, 2.45) is 0 Å². The number of alkyl carbamates (subject to hydrolysis) is 1. The van der Waals surface area contributed by atoms with Crippen LogP contribution in [0.5, 0.6) is 0 Å². The molecule has 0 saturated heterocycles. The van der Waals surface area contributed by atoms with Gasteiger partial charge in [-0.2, -0.15) is 0 Å². The fourth-order valence-corrected chi connectivity index (χ4v) is 2.83. The highest BCUT2D eigenvalue weighted by Gasteiger charge is 2.31. The summed E-state index contributed by atoms with van der Waals surface area (Å²) in [4.78, 5) is 11.7. The minimum atomic E-state index is -0.431. The standard InChI is InChI=1S/C19H30N2O2/c1-14(15-8-6-5-7-9-15)10-11-20-16-12-17(13-16)21-18(22)23-19(2,3)4/h5-9,14,16-17,20H,10-13H2,1-4H3,(H,21,22). The lowest BCUT2D eigenvalue weighted by Gasteiger charge is -2.37. The van der Waals surface area contributed by atoms with E-state index in [1.807, 2.05) is 20.8 Å². The number of rotatable bonds is 6. The van der Waals surface area contributed by atoms with E-state index in [1.54, 1.807) is 0 Å². The Balaban J connectivity index is 1.57. The van der Waals surface area contributed by atoms with Gasteiger partial charge in [0.25, 0.3) is 0 Å². The topological polar surface area (TPSA) is 50.4 Å². The molecule has 1 saturated carbocycles. The van der Waals surface area contributed by atoms with Gasteiger partial charge in [0.2, 0.25) is 0 Å². The molecular formula is C19H30N2O2. The predicted molar refractivity (Wildman–Crippen MR) is 93.7 cm³/mol. The van der Waals surface area contributed by atoms with Crippen molar-refractivity contribution >= 4 is 6.09 Å². The highest BCUT2D eigenvalue weighted by atomic mass is 16.6. The summed E-state index contributed by atoms with van der Waals surface area (Å²) in [6, 6.07) is 11.4. The van der Waals surface area contributed by atoms with Gasteiger partial charge in [0, 0.05) is 12.1 Å². The summed E-state index contributed by atoms with van der Waals surface area (Å²) in [5, 5.41) is 6.51. The first-order chi connectivity index (χ1) is 10.8. The van der Waals surface area contributed by atoms with Crippen LogP contribution < -0.4 is 10.6 Å². The molecular weight excluding hydrogens is 288 g/mol. The van der Waals surface area contributed by atoms with E-state index in [0.29, 0.717) is 12.0 Å². The maximum absolute atomic E-state index is 11.7. The number of carbonyl (C=O) groups excluding carboxylic acids is 1. The molecule has 1 aliphatic rings. The van der Waals surface area contributed by atoms with E-state index in [-0.39, 0.29) is 12.1 Å². The molecule has 1 amide bonds. The number of hydrogen-bond donors (Lipinski definition) is 2. The molecule has 4 heteroatoms. The van der Waals surface area contributed by atoms with E-state index in [1.165, 1.54) is 5.56 Å². The van der Waals surface area contributed by atoms with Crippen molar-refractivity contribution in [3.8, 4) is 0 Å². The maximum Gasteiger partial charge on any atom is 0.407 e. The lowest BCUT2D eigenvalue weighted by molar-refractivity contribution is 0.0465. The molecule has 0 radical (unpaired) electrons. The molecule has 0 spiro atoms. The fourth-order valence-electron chi connectivity index (χ4n) is 2.83. The Morgan fingerprint density at radius 1 is 1.22 bits per heavy atom. The van der Waals surface area contributed by atoms with Gasteiger partial charge in [0.15, 0.2) is 0 Å². The largest absolute Gasteiger partial charge is 0.444 e. The van der Waals surface area contributed by atoms with Gasteiger partial charge in [-0.25, -0.2) is 4.79 Å².